The predicted molar refractivity (Wildman–Crippen MR) is 146 cm³/mol. The van der Waals surface area contributed by atoms with Crippen molar-refractivity contribution in [3.8, 4) is 11.3 Å². The van der Waals surface area contributed by atoms with Crippen LogP contribution in [0.1, 0.15) is 11.1 Å². The van der Waals surface area contributed by atoms with E-state index in [4.69, 9.17) is 25.3 Å². The Kier molecular flexibility index (Phi) is 8.53. The quantitative estimate of drug-likeness (QED) is 0.402. The largest absolute Gasteiger partial charge is 0.378 e. The molecule has 36 heavy (non-hydrogen) atoms. The van der Waals surface area contributed by atoms with Gasteiger partial charge in [-0.1, -0.05) is 30.3 Å². The third-order valence-corrected chi connectivity index (χ3v) is 6.25. The van der Waals surface area contributed by atoms with E-state index in [2.05, 4.69) is 12.1 Å². The van der Waals surface area contributed by atoms with E-state index in [-0.39, 0.29) is 12.4 Å². The van der Waals surface area contributed by atoms with Gasteiger partial charge in [-0.15, -0.1) is 12.4 Å². The minimum Gasteiger partial charge on any atom is -0.378 e. The third-order valence-electron chi connectivity index (χ3n) is 6.25. The van der Waals surface area contributed by atoms with Gasteiger partial charge in [0.15, 0.2) is 0 Å². The Balaban J connectivity index is 0.00000304. The second-order valence-electron chi connectivity index (χ2n) is 8.61. The van der Waals surface area contributed by atoms with Crippen molar-refractivity contribution >= 4 is 41.9 Å². The van der Waals surface area contributed by atoms with Crippen LogP contribution >= 0.6 is 12.4 Å². The first-order valence-electron chi connectivity index (χ1n) is 11.9. The van der Waals surface area contributed by atoms with Crippen molar-refractivity contribution in [3.05, 3.63) is 72.1 Å². The number of benzene rings is 1. The minimum atomic E-state index is 0. The van der Waals surface area contributed by atoms with Crippen LogP contribution in [-0.2, 0) is 9.47 Å². The lowest BCUT2D eigenvalue weighted by Crippen LogP contribution is -2.39. The van der Waals surface area contributed by atoms with Gasteiger partial charge >= 0.3 is 0 Å². The third kappa shape index (κ3) is 6.20. The van der Waals surface area contributed by atoms with Crippen LogP contribution in [0.5, 0.6) is 0 Å². The maximum atomic E-state index is 8.28. The minimum absolute atomic E-state index is 0. The van der Waals surface area contributed by atoms with E-state index in [9.17, 15) is 0 Å². The van der Waals surface area contributed by atoms with Gasteiger partial charge in [0, 0.05) is 44.1 Å². The molecule has 2 N–H and O–H groups in total. The number of rotatable bonds is 5. The van der Waals surface area contributed by atoms with E-state index in [1.807, 2.05) is 75.2 Å². The van der Waals surface area contributed by atoms with Gasteiger partial charge in [0.25, 0.3) is 0 Å². The lowest BCUT2D eigenvalue weighted by atomic mass is 10.1. The summed E-state index contributed by atoms with van der Waals surface area (Å²) in [6.07, 6.45) is 11.7. The van der Waals surface area contributed by atoms with E-state index in [0.29, 0.717) is 38.1 Å². The smallest absolute Gasteiger partial charge is 0.137 e. The number of imidazole rings is 1. The normalized spacial score (nSPS) is 16.6. The summed E-state index contributed by atoms with van der Waals surface area (Å²) in [5, 5.41) is 16.5. The van der Waals surface area contributed by atoms with E-state index >= 15 is 0 Å². The first-order chi connectivity index (χ1) is 17.2. The number of nitrogens with one attached hydrogen (secondary N) is 2. The molecule has 188 valence electrons. The summed E-state index contributed by atoms with van der Waals surface area (Å²) in [5.41, 5.74) is 4.89. The van der Waals surface area contributed by atoms with Crippen molar-refractivity contribution in [2.24, 2.45) is 0 Å². The zero-order valence-corrected chi connectivity index (χ0v) is 20.9. The Bertz CT molecular complexity index is 1260. The molecule has 2 saturated heterocycles. The zero-order chi connectivity index (χ0) is 24.0. The number of aromatic nitrogens is 2. The molecule has 0 atom stereocenters. The Labute approximate surface area is 217 Å². The molecule has 4 heterocycles. The number of pyridine rings is 1. The van der Waals surface area contributed by atoms with Crippen molar-refractivity contribution in [1.29, 1.82) is 10.8 Å². The summed E-state index contributed by atoms with van der Waals surface area (Å²) >= 11 is 0. The molecular formula is C27H31ClN6O2. The molecule has 0 aliphatic carbocycles. The van der Waals surface area contributed by atoms with E-state index in [1.54, 1.807) is 0 Å². The molecule has 5 rings (SSSR count). The highest BCUT2D eigenvalue weighted by atomic mass is 35.5. The highest BCUT2D eigenvalue weighted by molar-refractivity contribution is 5.94. The van der Waals surface area contributed by atoms with Crippen LogP contribution in [0.4, 0.5) is 0 Å². The Morgan fingerprint density at radius 2 is 1.25 bits per heavy atom. The van der Waals surface area contributed by atoms with Gasteiger partial charge in [0.2, 0.25) is 0 Å². The van der Waals surface area contributed by atoms with Crippen LogP contribution in [0.25, 0.3) is 29.1 Å². The average Bonchev–Trinajstić information content (AvgIpc) is 3.35. The van der Waals surface area contributed by atoms with Crippen molar-refractivity contribution < 1.29 is 9.47 Å². The predicted octanol–water partition coefficient (Wildman–Crippen LogP) is 4.07. The molecular weight excluding hydrogens is 476 g/mol. The maximum Gasteiger partial charge on any atom is 0.137 e. The average molecular weight is 507 g/mol. The molecule has 2 aliphatic heterocycles. The van der Waals surface area contributed by atoms with E-state index in [1.165, 1.54) is 0 Å². The van der Waals surface area contributed by atoms with Crippen LogP contribution in [0.15, 0.2) is 60.9 Å². The monoisotopic (exact) mass is 506 g/mol. The summed E-state index contributed by atoms with van der Waals surface area (Å²) in [6.45, 7) is 5.77. The molecule has 3 aromatic rings. The molecule has 2 aliphatic rings. The highest BCUT2D eigenvalue weighted by Crippen LogP contribution is 2.21. The zero-order valence-electron chi connectivity index (χ0n) is 20.1. The number of morpholine rings is 2. The lowest BCUT2D eigenvalue weighted by Gasteiger charge is -2.27. The summed E-state index contributed by atoms with van der Waals surface area (Å²) < 4.78 is 12.7. The standard InChI is InChI=1S/C27H30N6O2.ClH/c28-25(31-11-15-34-16-12-31)8-3-21-1-6-23(7-2-21)24-20-33-19-22(5-10-27(33)30-24)4-9-26(29)32-13-17-35-18-14-32;/h1-10,19-20,28-29H,11-18H2;1H. The fourth-order valence-electron chi connectivity index (χ4n) is 4.18. The fourth-order valence-corrected chi connectivity index (χ4v) is 4.18. The maximum absolute atomic E-state index is 8.28. The molecule has 0 bridgehead atoms. The van der Waals surface area contributed by atoms with Crippen molar-refractivity contribution in [1.82, 2.24) is 19.2 Å². The van der Waals surface area contributed by atoms with E-state index < -0.39 is 0 Å². The number of nitrogens with zero attached hydrogens (tertiary/aromatic N) is 4. The summed E-state index contributed by atoms with van der Waals surface area (Å²) in [6, 6.07) is 12.2. The van der Waals surface area contributed by atoms with Gasteiger partial charge in [0.05, 0.1) is 32.1 Å². The van der Waals surface area contributed by atoms with Crippen molar-refractivity contribution in [3.63, 3.8) is 0 Å². The molecule has 8 nitrogen and oxygen atoms in total. The number of fused-ring (bicyclic) bond motifs is 1. The molecule has 0 radical (unpaired) electrons. The van der Waals surface area contributed by atoms with Crippen LogP contribution in [-0.4, -0.2) is 83.5 Å². The van der Waals surface area contributed by atoms with Crippen LogP contribution < -0.4 is 0 Å². The van der Waals surface area contributed by atoms with Gasteiger partial charge in [-0.3, -0.25) is 10.8 Å². The Morgan fingerprint density at radius 3 is 1.83 bits per heavy atom. The number of hydrogen-bond donors (Lipinski definition) is 2. The number of amidine groups is 2. The Hall–Kier alpha value is -3.46. The SMILES string of the molecule is Cl.N=C(C=Cc1ccc(-c2cn3cc(C=CC(=N)N4CCOCC4)ccc3n2)cc1)N1CCOCC1. The van der Waals surface area contributed by atoms with Crippen molar-refractivity contribution in [2.45, 2.75) is 0 Å². The topological polar surface area (TPSA) is 89.9 Å². The highest BCUT2D eigenvalue weighted by Gasteiger charge is 2.12. The second kappa shape index (κ2) is 12.0. The number of halogens is 1. The summed E-state index contributed by atoms with van der Waals surface area (Å²) in [7, 11) is 0. The van der Waals surface area contributed by atoms with Gasteiger partial charge in [-0.25, -0.2) is 4.98 Å². The van der Waals surface area contributed by atoms with Gasteiger partial charge < -0.3 is 23.7 Å². The molecule has 0 amide bonds. The van der Waals surface area contributed by atoms with Crippen LogP contribution in [0.3, 0.4) is 0 Å². The first kappa shape index (κ1) is 25.6. The van der Waals surface area contributed by atoms with Crippen LogP contribution in [0, 0.1) is 10.8 Å². The number of hydrogen-bond acceptors (Lipinski definition) is 5. The molecule has 1 aromatic carbocycles. The first-order valence-corrected chi connectivity index (χ1v) is 11.9. The fraction of sp³-hybridized carbons (Fsp3) is 0.296. The van der Waals surface area contributed by atoms with Crippen LogP contribution in [0.2, 0.25) is 0 Å². The lowest BCUT2D eigenvalue weighted by molar-refractivity contribution is 0.0681. The molecule has 9 heteroatoms. The van der Waals surface area contributed by atoms with Gasteiger partial charge in [-0.05, 0) is 41.5 Å². The molecule has 0 unspecified atom stereocenters. The van der Waals surface area contributed by atoms with E-state index in [0.717, 1.165) is 54.2 Å². The molecule has 0 spiro atoms. The summed E-state index contributed by atoms with van der Waals surface area (Å²) in [4.78, 5) is 8.82. The molecule has 0 saturated carbocycles. The molecule has 2 aromatic heterocycles. The second-order valence-corrected chi connectivity index (χ2v) is 8.61. The molecule has 2 fully saturated rings. The van der Waals surface area contributed by atoms with Gasteiger partial charge in [0.1, 0.15) is 17.3 Å². The number of ether oxygens (including phenoxy) is 2. The summed E-state index contributed by atoms with van der Waals surface area (Å²) in [5.74, 6) is 1.02. The Morgan fingerprint density at radius 1 is 0.722 bits per heavy atom. The van der Waals surface area contributed by atoms with Crippen molar-refractivity contribution in [2.75, 3.05) is 52.6 Å². The van der Waals surface area contributed by atoms with Gasteiger partial charge in [-0.2, -0.15) is 0 Å².